The van der Waals surface area contributed by atoms with Gasteiger partial charge in [-0.25, -0.2) is 19.3 Å². The summed E-state index contributed by atoms with van der Waals surface area (Å²) < 4.78 is 15.2. The molecular formula is C34H35FN10O2. The Morgan fingerprint density at radius 1 is 0.894 bits per heavy atom. The fourth-order valence-electron chi connectivity index (χ4n) is 7.20. The zero-order valence-electron chi connectivity index (χ0n) is 26.2. The SMILES string of the molecule is Cn1cnc(-c2ccc(N3CCN(C(=O)CN4CC[C@]5(CCN(c6ccc7c(n6)C(c6ccc(F)cc6)=NC7)C5=O)C4)CC3)nc2)n1. The number of carbonyl (C=O) groups is 2. The van der Waals surface area contributed by atoms with Crippen LogP contribution in [0.25, 0.3) is 11.4 Å². The van der Waals surface area contributed by atoms with Crippen molar-refractivity contribution in [2.45, 2.75) is 19.4 Å². The Hall–Kier alpha value is -5.04. The Morgan fingerprint density at radius 2 is 1.66 bits per heavy atom. The predicted octanol–water partition coefficient (Wildman–Crippen LogP) is 2.54. The molecule has 13 heteroatoms. The Bertz CT molecular complexity index is 1870. The summed E-state index contributed by atoms with van der Waals surface area (Å²) in [6.45, 7) is 5.37. The predicted molar refractivity (Wildman–Crippen MR) is 173 cm³/mol. The molecule has 1 spiro atoms. The lowest BCUT2D eigenvalue weighted by atomic mass is 9.85. The fourth-order valence-corrected chi connectivity index (χ4v) is 7.20. The number of anilines is 2. The maximum atomic E-state index is 13.9. The van der Waals surface area contributed by atoms with Crippen LogP contribution in [0.2, 0.25) is 0 Å². The van der Waals surface area contributed by atoms with E-state index in [1.807, 2.05) is 36.2 Å². The minimum absolute atomic E-state index is 0.0733. The van der Waals surface area contributed by atoms with Crippen LogP contribution in [0.1, 0.15) is 29.7 Å². The second-order valence-electron chi connectivity index (χ2n) is 12.8. The number of hydrogen-bond acceptors (Lipinski definition) is 9. The van der Waals surface area contributed by atoms with Gasteiger partial charge in [0.25, 0.3) is 0 Å². The number of rotatable bonds is 6. The van der Waals surface area contributed by atoms with E-state index in [2.05, 4.69) is 29.9 Å². The van der Waals surface area contributed by atoms with Gasteiger partial charge < -0.3 is 9.80 Å². The summed E-state index contributed by atoms with van der Waals surface area (Å²) in [6.07, 6.45) is 4.91. The standard InChI is InChI=1S/C34H35FN10O2/c1-41-22-38-32(40-41)25-5-8-27(36-19-25)43-14-16-44(17-15-43)29(46)20-42-12-10-34(21-42)11-13-45(33(34)47)28-9-4-24-18-37-30(31(24)39-28)23-2-6-26(35)7-3-23/h2-9,19,22H,10-18,20-21H2,1H3/t34-/m0/s1. The van der Waals surface area contributed by atoms with Crippen LogP contribution in [-0.4, -0.2) is 104 Å². The number of likely N-dealkylation sites (tertiary alicyclic amines) is 1. The average molecular weight is 635 g/mol. The molecule has 2 amide bonds. The van der Waals surface area contributed by atoms with Crippen LogP contribution in [0.4, 0.5) is 16.0 Å². The summed E-state index contributed by atoms with van der Waals surface area (Å²) in [6, 6.07) is 14.1. The number of piperazine rings is 1. The zero-order chi connectivity index (χ0) is 32.1. The van der Waals surface area contributed by atoms with Gasteiger partial charge >= 0.3 is 0 Å². The van der Waals surface area contributed by atoms with Gasteiger partial charge in [-0.3, -0.25) is 29.1 Å². The first-order valence-corrected chi connectivity index (χ1v) is 16.1. The zero-order valence-corrected chi connectivity index (χ0v) is 26.2. The number of pyridine rings is 2. The summed E-state index contributed by atoms with van der Waals surface area (Å²) in [5.41, 5.74) is 3.63. The van der Waals surface area contributed by atoms with Gasteiger partial charge in [-0.2, -0.15) is 5.10 Å². The molecule has 4 aliphatic heterocycles. The summed E-state index contributed by atoms with van der Waals surface area (Å²) in [5.74, 6) is 2.01. The molecule has 0 N–H and O–H groups in total. The van der Waals surface area contributed by atoms with Crippen molar-refractivity contribution in [3.05, 3.63) is 83.7 Å². The molecule has 47 heavy (non-hydrogen) atoms. The molecule has 0 aliphatic carbocycles. The molecule has 240 valence electrons. The molecule has 7 heterocycles. The van der Waals surface area contributed by atoms with E-state index in [0.717, 1.165) is 46.8 Å². The maximum Gasteiger partial charge on any atom is 0.236 e. The number of aryl methyl sites for hydroxylation is 1. The van der Waals surface area contributed by atoms with Crippen LogP contribution in [0, 0.1) is 11.2 Å². The van der Waals surface area contributed by atoms with E-state index in [1.54, 1.807) is 34.2 Å². The third-order valence-electron chi connectivity index (χ3n) is 9.86. The molecule has 3 fully saturated rings. The lowest BCUT2D eigenvalue weighted by Crippen LogP contribution is -2.51. The number of amides is 2. The highest BCUT2D eigenvalue weighted by atomic mass is 19.1. The second kappa shape index (κ2) is 11.6. The summed E-state index contributed by atoms with van der Waals surface area (Å²) in [4.78, 5) is 53.7. The van der Waals surface area contributed by atoms with Gasteiger partial charge in [0.15, 0.2) is 5.82 Å². The van der Waals surface area contributed by atoms with Crippen LogP contribution >= 0.6 is 0 Å². The van der Waals surface area contributed by atoms with Crippen molar-refractivity contribution in [3.63, 3.8) is 0 Å². The third kappa shape index (κ3) is 5.43. The lowest BCUT2D eigenvalue weighted by molar-refractivity contribution is -0.133. The molecule has 0 bridgehead atoms. The molecule has 12 nitrogen and oxygen atoms in total. The number of aromatic nitrogens is 5. The molecule has 3 saturated heterocycles. The lowest BCUT2D eigenvalue weighted by Gasteiger charge is -2.36. The van der Waals surface area contributed by atoms with E-state index in [4.69, 9.17) is 4.98 Å². The van der Waals surface area contributed by atoms with E-state index < -0.39 is 5.41 Å². The number of halogens is 1. The van der Waals surface area contributed by atoms with Crippen molar-refractivity contribution >= 4 is 29.2 Å². The second-order valence-corrected chi connectivity index (χ2v) is 12.8. The Kier molecular flexibility index (Phi) is 7.27. The Morgan fingerprint density at radius 3 is 2.40 bits per heavy atom. The topological polar surface area (TPSA) is 116 Å². The number of carbonyl (C=O) groups excluding carboxylic acids is 2. The first-order valence-electron chi connectivity index (χ1n) is 16.1. The monoisotopic (exact) mass is 634 g/mol. The summed E-state index contributed by atoms with van der Waals surface area (Å²) in [5, 5.41) is 4.33. The quantitative estimate of drug-likeness (QED) is 0.318. The van der Waals surface area contributed by atoms with Crippen LogP contribution in [0.3, 0.4) is 0 Å². The highest BCUT2D eigenvalue weighted by Gasteiger charge is 2.51. The molecule has 1 atom stereocenters. The minimum Gasteiger partial charge on any atom is -0.353 e. The minimum atomic E-state index is -0.504. The van der Waals surface area contributed by atoms with Gasteiger partial charge in [0, 0.05) is 69.2 Å². The van der Waals surface area contributed by atoms with Crippen molar-refractivity contribution in [1.82, 2.24) is 34.5 Å². The largest absolute Gasteiger partial charge is 0.353 e. The number of fused-ring (bicyclic) bond motifs is 1. The number of hydrogen-bond donors (Lipinski definition) is 0. The van der Waals surface area contributed by atoms with Crippen molar-refractivity contribution in [2.75, 3.05) is 62.2 Å². The van der Waals surface area contributed by atoms with E-state index >= 15 is 0 Å². The fraction of sp³-hybridized carbons (Fsp3) is 0.382. The Labute approximate surface area is 271 Å². The van der Waals surface area contributed by atoms with Gasteiger partial charge in [0.05, 0.1) is 29.9 Å². The van der Waals surface area contributed by atoms with Crippen molar-refractivity contribution in [1.29, 1.82) is 0 Å². The highest BCUT2D eigenvalue weighted by Crippen LogP contribution is 2.42. The van der Waals surface area contributed by atoms with Crippen LogP contribution < -0.4 is 9.80 Å². The molecule has 4 aromatic rings. The van der Waals surface area contributed by atoms with Gasteiger partial charge in [-0.1, -0.05) is 6.07 Å². The van der Waals surface area contributed by atoms with E-state index in [1.165, 1.54) is 12.1 Å². The van der Waals surface area contributed by atoms with Gasteiger partial charge in [-0.05, 0) is 61.9 Å². The van der Waals surface area contributed by atoms with Gasteiger partial charge in [0.2, 0.25) is 11.8 Å². The van der Waals surface area contributed by atoms with Crippen molar-refractivity contribution in [3.8, 4) is 11.4 Å². The molecular weight excluding hydrogens is 599 g/mol. The number of aliphatic imine (C=N–C) groups is 1. The van der Waals surface area contributed by atoms with Gasteiger partial charge in [-0.15, -0.1) is 0 Å². The van der Waals surface area contributed by atoms with Crippen molar-refractivity contribution in [2.24, 2.45) is 17.5 Å². The highest BCUT2D eigenvalue weighted by molar-refractivity contribution is 6.14. The van der Waals surface area contributed by atoms with Crippen molar-refractivity contribution < 1.29 is 14.0 Å². The van der Waals surface area contributed by atoms with Crippen LogP contribution in [0.15, 0.2) is 66.0 Å². The third-order valence-corrected chi connectivity index (χ3v) is 9.86. The van der Waals surface area contributed by atoms with Gasteiger partial charge in [0.1, 0.15) is 23.8 Å². The Balaban J connectivity index is 0.863. The summed E-state index contributed by atoms with van der Waals surface area (Å²) >= 11 is 0. The molecule has 8 rings (SSSR count). The number of benzene rings is 1. The molecule has 0 unspecified atom stereocenters. The first-order chi connectivity index (χ1) is 22.8. The van der Waals surface area contributed by atoms with E-state index in [-0.39, 0.29) is 17.6 Å². The smallest absolute Gasteiger partial charge is 0.236 e. The normalized spacial score (nSPS) is 21.2. The molecule has 0 radical (unpaired) electrons. The maximum absolute atomic E-state index is 13.9. The number of nitrogens with zero attached hydrogens (tertiary/aromatic N) is 10. The van der Waals surface area contributed by atoms with Crippen LogP contribution in [0.5, 0.6) is 0 Å². The molecule has 1 aromatic carbocycles. The van der Waals surface area contributed by atoms with E-state index in [9.17, 15) is 14.0 Å². The molecule has 4 aliphatic rings. The molecule has 0 saturated carbocycles. The first kappa shape index (κ1) is 29.4. The van der Waals surface area contributed by atoms with E-state index in [0.29, 0.717) is 70.5 Å². The summed E-state index contributed by atoms with van der Waals surface area (Å²) in [7, 11) is 1.83. The average Bonchev–Trinajstić information content (AvgIpc) is 3.89. The molecule has 3 aromatic heterocycles. The van der Waals surface area contributed by atoms with Crippen LogP contribution in [-0.2, 0) is 23.2 Å².